The fraction of sp³-hybridized carbons (Fsp3) is 0.647. The van der Waals surface area contributed by atoms with Gasteiger partial charge >= 0.3 is 0 Å². The Balaban J connectivity index is 2.08. The molecule has 1 N–H and O–H groups in total. The molecule has 118 valence electrons. The lowest BCUT2D eigenvalue weighted by atomic mass is 10.1. The maximum atomic E-state index is 6.19. The van der Waals surface area contributed by atoms with Gasteiger partial charge in [0.05, 0.1) is 7.11 Å². The van der Waals surface area contributed by atoms with E-state index in [0.29, 0.717) is 6.04 Å². The van der Waals surface area contributed by atoms with Crippen LogP contribution in [0.1, 0.15) is 50.6 Å². The van der Waals surface area contributed by atoms with Gasteiger partial charge in [-0.15, -0.1) is 0 Å². The van der Waals surface area contributed by atoms with Gasteiger partial charge < -0.3 is 10.1 Å². The predicted octanol–water partition coefficient (Wildman–Crippen LogP) is 5.07. The molecule has 1 aromatic carbocycles. The molecule has 0 saturated heterocycles. The molecule has 1 saturated carbocycles. The van der Waals surface area contributed by atoms with Gasteiger partial charge in [0, 0.05) is 27.6 Å². The maximum absolute atomic E-state index is 6.19. The second kappa shape index (κ2) is 8.92. The molecule has 1 aliphatic rings. The Morgan fingerprint density at radius 1 is 1.38 bits per heavy atom. The lowest BCUT2D eigenvalue weighted by molar-refractivity contribution is 0.402. The van der Waals surface area contributed by atoms with Crippen LogP contribution in [0.15, 0.2) is 18.2 Å². The van der Waals surface area contributed by atoms with Crippen LogP contribution in [0.25, 0.3) is 0 Å². The predicted molar refractivity (Wildman–Crippen MR) is 93.8 cm³/mol. The first-order valence-corrected chi connectivity index (χ1v) is 9.35. The molecule has 4 heteroatoms. The van der Waals surface area contributed by atoms with Gasteiger partial charge in [0.1, 0.15) is 5.75 Å². The summed E-state index contributed by atoms with van der Waals surface area (Å²) in [4.78, 5) is 0. The van der Waals surface area contributed by atoms with Gasteiger partial charge in [0.2, 0.25) is 0 Å². The normalized spacial score (nSPS) is 17.1. The van der Waals surface area contributed by atoms with Crippen molar-refractivity contribution in [3.63, 3.8) is 0 Å². The Hall–Kier alpha value is -0.380. The summed E-state index contributed by atoms with van der Waals surface area (Å²) >= 11 is 8.29. The molecule has 0 heterocycles. The van der Waals surface area contributed by atoms with E-state index in [1.165, 1.54) is 31.2 Å². The second-order valence-corrected chi connectivity index (χ2v) is 7.40. The molecule has 1 atom stereocenters. The lowest BCUT2D eigenvalue weighted by Gasteiger charge is -2.22. The Bertz CT molecular complexity index is 435. The summed E-state index contributed by atoms with van der Waals surface area (Å²) in [6.45, 7) is 3.22. The molecule has 1 aromatic rings. The minimum Gasteiger partial charge on any atom is -0.496 e. The van der Waals surface area contributed by atoms with Crippen LogP contribution in [0.4, 0.5) is 0 Å². The zero-order chi connectivity index (χ0) is 15.1. The molecular formula is C17H26ClNOS. The topological polar surface area (TPSA) is 21.3 Å². The molecule has 2 nitrogen and oxygen atoms in total. The highest BCUT2D eigenvalue weighted by atomic mass is 35.5. The highest BCUT2D eigenvalue weighted by molar-refractivity contribution is 7.99. The van der Waals surface area contributed by atoms with Crippen molar-refractivity contribution in [2.24, 2.45) is 0 Å². The highest BCUT2D eigenvalue weighted by Crippen LogP contribution is 2.35. The van der Waals surface area contributed by atoms with Crippen LogP contribution in [0.3, 0.4) is 0 Å². The van der Waals surface area contributed by atoms with Gasteiger partial charge in [-0.2, -0.15) is 11.8 Å². The van der Waals surface area contributed by atoms with Crippen molar-refractivity contribution in [2.45, 2.75) is 50.3 Å². The van der Waals surface area contributed by atoms with Gasteiger partial charge in [-0.3, -0.25) is 0 Å². The van der Waals surface area contributed by atoms with Gasteiger partial charge in [0.15, 0.2) is 0 Å². The van der Waals surface area contributed by atoms with Crippen molar-refractivity contribution in [1.29, 1.82) is 0 Å². The average molecular weight is 328 g/mol. The molecule has 0 bridgehead atoms. The van der Waals surface area contributed by atoms with E-state index in [-0.39, 0.29) is 0 Å². The molecular weight excluding hydrogens is 302 g/mol. The maximum Gasteiger partial charge on any atom is 0.123 e. The first-order valence-electron chi connectivity index (χ1n) is 7.93. The Labute approximate surface area is 138 Å². The van der Waals surface area contributed by atoms with Crippen LogP contribution in [0, 0.1) is 0 Å². The fourth-order valence-electron chi connectivity index (χ4n) is 2.84. The number of methoxy groups -OCH3 is 1. The standard InChI is InChI=1S/C17H26ClNOS/c1-3-10-19-16(12-21-14-6-4-5-7-14)15-11-13(18)8-9-17(15)20-2/h8-9,11,14,16,19H,3-7,10,12H2,1-2H3. The number of benzene rings is 1. The molecule has 0 aliphatic heterocycles. The third kappa shape index (κ3) is 5.08. The largest absolute Gasteiger partial charge is 0.496 e. The van der Waals surface area contributed by atoms with Crippen molar-refractivity contribution in [3.05, 3.63) is 28.8 Å². The average Bonchev–Trinajstić information content (AvgIpc) is 3.01. The van der Waals surface area contributed by atoms with Crippen LogP contribution < -0.4 is 10.1 Å². The summed E-state index contributed by atoms with van der Waals surface area (Å²) in [5.41, 5.74) is 1.18. The van der Waals surface area contributed by atoms with Crippen LogP contribution >= 0.6 is 23.4 Å². The second-order valence-electron chi connectivity index (χ2n) is 5.63. The van der Waals surface area contributed by atoms with Gasteiger partial charge in [-0.1, -0.05) is 31.4 Å². The Morgan fingerprint density at radius 2 is 2.14 bits per heavy atom. The molecule has 1 unspecified atom stereocenters. The first-order chi connectivity index (χ1) is 10.2. The number of ether oxygens (including phenoxy) is 1. The molecule has 21 heavy (non-hydrogen) atoms. The van der Waals surface area contributed by atoms with E-state index < -0.39 is 0 Å². The SMILES string of the molecule is CCCNC(CSC1CCCC1)c1cc(Cl)ccc1OC. The van der Waals surface area contributed by atoms with E-state index in [0.717, 1.165) is 34.7 Å². The minimum atomic E-state index is 0.309. The minimum absolute atomic E-state index is 0.309. The Morgan fingerprint density at radius 3 is 2.81 bits per heavy atom. The van der Waals surface area contributed by atoms with Crippen molar-refractivity contribution in [1.82, 2.24) is 5.32 Å². The van der Waals surface area contributed by atoms with Crippen molar-refractivity contribution >= 4 is 23.4 Å². The van der Waals surface area contributed by atoms with Crippen LogP contribution in [0.2, 0.25) is 5.02 Å². The number of halogens is 1. The van der Waals surface area contributed by atoms with Crippen molar-refractivity contribution < 1.29 is 4.74 Å². The monoisotopic (exact) mass is 327 g/mol. The van der Waals surface area contributed by atoms with E-state index >= 15 is 0 Å². The zero-order valence-electron chi connectivity index (χ0n) is 13.0. The quantitative estimate of drug-likeness (QED) is 0.720. The molecule has 0 aromatic heterocycles. The van der Waals surface area contributed by atoms with Gasteiger partial charge in [0.25, 0.3) is 0 Å². The van der Waals surface area contributed by atoms with E-state index in [9.17, 15) is 0 Å². The zero-order valence-corrected chi connectivity index (χ0v) is 14.6. The van der Waals surface area contributed by atoms with Crippen LogP contribution in [0.5, 0.6) is 5.75 Å². The summed E-state index contributed by atoms with van der Waals surface area (Å²) in [5.74, 6) is 2.02. The summed E-state index contributed by atoms with van der Waals surface area (Å²) < 4.78 is 5.53. The smallest absolute Gasteiger partial charge is 0.123 e. The molecule has 1 aliphatic carbocycles. The molecule has 1 fully saturated rings. The van der Waals surface area contributed by atoms with Crippen LogP contribution in [-0.2, 0) is 0 Å². The summed E-state index contributed by atoms with van der Waals surface area (Å²) in [6.07, 6.45) is 6.67. The van der Waals surface area contributed by atoms with Crippen molar-refractivity contribution in [3.8, 4) is 5.75 Å². The van der Waals surface area contributed by atoms with E-state index in [1.54, 1.807) is 7.11 Å². The number of hydrogen-bond acceptors (Lipinski definition) is 3. The third-order valence-electron chi connectivity index (χ3n) is 4.01. The fourth-order valence-corrected chi connectivity index (χ4v) is 4.45. The summed E-state index contributed by atoms with van der Waals surface area (Å²) in [6, 6.07) is 6.22. The van der Waals surface area contributed by atoms with Crippen molar-refractivity contribution in [2.75, 3.05) is 19.4 Å². The number of thioether (sulfide) groups is 1. The summed E-state index contributed by atoms with van der Waals surface area (Å²) in [5, 5.41) is 5.26. The molecule has 0 radical (unpaired) electrons. The number of rotatable bonds is 8. The lowest BCUT2D eigenvalue weighted by Crippen LogP contribution is -2.25. The van der Waals surface area contributed by atoms with E-state index in [4.69, 9.17) is 16.3 Å². The van der Waals surface area contributed by atoms with Gasteiger partial charge in [-0.25, -0.2) is 0 Å². The third-order valence-corrected chi connectivity index (χ3v) is 5.71. The molecule has 0 amide bonds. The molecule has 0 spiro atoms. The van der Waals surface area contributed by atoms with Gasteiger partial charge in [-0.05, 0) is 44.0 Å². The highest BCUT2D eigenvalue weighted by Gasteiger charge is 2.21. The number of nitrogens with one attached hydrogen (secondary N) is 1. The first kappa shape index (κ1) is 17.0. The summed E-state index contributed by atoms with van der Waals surface area (Å²) in [7, 11) is 1.73. The van der Waals surface area contributed by atoms with E-state index in [1.807, 2.05) is 18.2 Å². The molecule has 2 rings (SSSR count). The van der Waals surface area contributed by atoms with E-state index in [2.05, 4.69) is 24.0 Å². The van der Waals surface area contributed by atoms with Crippen LogP contribution in [-0.4, -0.2) is 24.7 Å². The number of hydrogen-bond donors (Lipinski definition) is 1. The Kier molecular flexibility index (Phi) is 7.21.